The van der Waals surface area contributed by atoms with E-state index in [0.29, 0.717) is 5.56 Å². The topological polar surface area (TPSA) is 103 Å². The zero-order valence-electron chi connectivity index (χ0n) is 11.9. The van der Waals surface area contributed by atoms with Crippen LogP contribution in [0.4, 0.5) is 10.1 Å². The van der Waals surface area contributed by atoms with Crippen LogP contribution in [0.25, 0.3) is 0 Å². The fraction of sp³-hybridized carbons (Fsp3) is 0.133. The minimum Gasteiger partial charge on any atom is -0.357 e. The van der Waals surface area contributed by atoms with Crippen LogP contribution in [0.1, 0.15) is 28.4 Å². The van der Waals surface area contributed by atoms with Crippen molar-refractivity contribution in [2.75, 3.05) is 5.32 Å². The lowest BCUT2D eigenvalue weighted by Gasteiger charge is -2.24. The van der Waals surface area contributed by atoms with Crippen LogP contribution >= 0.6 is 0 Å². The van der Waals surface area contributed by atoms with E-state index in [-0.39, 0.29) is 23.7 Å². The van der Waals surface area contributed by atoms with Gasteiger partial charge in [-0.15, -0.1) is 0 Å². The molecule has 0 aliphatic carbocycles. The van der Waals surface area contributed by atoms with Crippen LogP contribution < -0.4 is 16.2 Å². The number of aromatic nitrogens is 1. The van der Waals surface area contributed by atoms with Crippen molar-refractivity contribution in [1.82, 2.24) is 15.8 Å². The average Bonchev–Trinajstić information content (AvgIpc) is 3.05. The molecular weight excluding hydrogens is 303 g/mol. The van der Waals surface area contributed by atoms with E-state index in [1.54, 1.807) is 18.3 Å². The van der Waals surface area contributed by atoms with Crippen LogP contribution in [0.5, 0.6) is 0 Å². The number of rotatable bonds is 2. The first-order chi connectivity index (χ1) is 11.0. The van der Waals surface area contributed by atoms with Crippen LogP contribution in [0.3, 0.4) is 0 Å². The molecule has 0 unspecified atom stereocenters. The maximum Gasteiger partial charge on any atom is 0.286 e. The second-order valence-corrected chi connectivity index (χ2v) is 5.06. The highest BCUT2D eigenvalue weighted by atomic mass is 19.1. The van der Waals surface area contributed by atoms with Gasteiger partial charge in [-0.3, -0.25) is 25.2 Å². The minimum absolute atomic E-state index is 0.0805. The Bertz CT molecular complexity index is 773. The highest BCUT2D eigenvalue weighted by molar-refractivity contribution is 6.02. The normalized spacial score (nSPS) is 16.2. The van der Waals surface area contributed by atoms with Crippen molar-refractivity contribution >= 4 is 23.4 Å². The van der Waals surface area contributed by atoms with Gasteiger partial charge in [0.05, 0.1) is 5.92 Å². The smallest absolute Gasteiger partial charge is 0.286 e. The van der Waals surface area contributed by atoms with Gasteiger partial charge in [0.15, 0.2) is 0 Å². The molecule has 1 atom stereocenters. The quantitative estimate of drug-likeness (QED) is 0.622. The van der Waals surface area contributed by atoms with Crippen molar-refractivity contribution < 1.29 is 18.8 Å². The van der Waals surface area contributed by atoms with Gasteiger partial charge >= 0.3 is 0 Å². The monoisotopic (exact) mass is 316 g/mol. The lowest BCUT2D eigenvalue weighted by Crippen LogP contribution is -2.45. The van der Waals surface area contributed by atoms with E-state index in [9.17, 15) is 18.8 Å². The number of carbonyl (C=O) groups excluding carboxylic acids is 3. The number of amides is 3. The summed E-state index contributed by atoms with van der Waals surface area (Å²) in [6.07, 6.45) is 1.50. The first-order valence-electron chi connectivity index (χ1n) is 6.87. The maximum absolute atomic E-state index is 13.2. The SMILES string of the molecule is O=C1C[C@H](C(=O)NNC(=O)c2ccc[nH]2)c2ccc(F)cc2N1. The Morgan fingerprint density at radius 1 is 1.22 bits per heavy atom. The van der Waals surface area contributed by atoms with E-state index >= 15 is 0 Å². The highest BCUT2D eigenvalue weighted by Crippen LogP contribution is 2.32. The van der Waals surface area contributed by atoms with Crippen molar-refractivity contribution in [2.24, 2.45) is 0 Å². The number of hydrogen-bond donors (Lipinski definition) is 4. The summed E-state index contributed by atoms with van der Waals surface area (Å²) in [7, 11) is 0. The van der Waals surface area contributed by atoms with E-state index in [2.05, 4.69) is 21.2 Å². The van der Waals surface area contributed by atoms with Gasteiger partial charge in [0.2, 0.25) is 11.8 Å². The third kappa shape index (κ3) is 3.05. The molecular formula is C15H13FN4O3. The summed E-state index contributed by atoms with van der Waals surface area (Å²) < 4.78 is 13.2. The van der Waals surface area contributed by atoms with Crippen LogP contribution in [0, 0.1) is 5.82 Å². The van der Waals surface area contributed by atoms with Gasteiger partial charge in [0, 0.05) is 18.3 Å². The van der Waals surface area contributed by atoms with Crippen molar-refractivity contribution in [3.8, 4) is 0 Å². The van der Waals surface area contributed by atoms with Crippen LogP contribution in [-0.2, 0) is 9.59 Å². The van der Waals surface area contributed by atoms with Crippen LogP contribution in [0.15, 0.2) is 36.5 Å². The third-order valence-electron chi connectivity index (χ3n) is 3.51. The predicted octanol–water partition coefficient (Wildman–Crippen LogP) is 1.04. The number of hydrazine groups is 1. The molecule has 1 aliphatic rings. The molecule has 3 amide bonds. The Labute approximate surface area is 130 Å². The molecule has 118 valence electrons. The van der Waals surface area contributed by atoms with Gasteiger partial charge in [0.1, 0.15) is 11.5 Å². The molecule has 1 aromatic carbocycles. The zero-order chi connectivity index (χ0) is 16.4. The lowest BCUT2D eigenvalue weighted by atomic mass is 9.90. The van der Waals surface area contributed by atoms with Crippen LogP contribution in [-0.4, -0.2) is 22.7 Å². The number of aromatic amines is 1. The molecule has 0 saturated carbocycles. The maximum atomic E-state index is 13.2. The second-order valence-electron chi connectivity index (χ2n) is 5.06. The molecule has 0 spiro atoms. The molecule has 8 heteroatoms. The molecule has 2 aromatic rings. The fourth-order valence-electron chi connectivity index (χ4n) is 2.42. The van der Waals surface area contributed by atoms with Crippen molar-refractivity contribution in [3.63, 3.8) is 0 Å². The average molecular weight is 316 g/mol. The summed E-state index contributed by atoms with van der Waals surface area (Å²) >= 11 is 0. The molecule has 7 nitrogen and oxygen atoms in total. The number of hydrogen-bond acceptors (Lipinski definition) is 3. The van der Waals surface area contributed by atoms with E-state index in [4.69, 9.17) is 0 Å². The van der Waals surface area contributed by atoms with Crippen molar-refractivity contribution in [3.05, 3.63) is 53.6 Å². The number of H-pyrrole nitrogens is 1. The number of anilines is 1. The second kappa shape index (κ2) is 5.91. The summed E-state index contributed by atoms with van der Waals surface area (Å²) in [5.41, 5.74) is 5.59. The largest absolute Gasteiger partial charge is 0.357 e. The Kier molecular flexibility index (Phi) is 3.80. The van der Waals surface area contributed by atoms with Gasteiger partial charge in [0.25, 0.3) is 5.91 Å². The molecule has 0 radical (unpaired) electrons. The Balaban J connectivity index is 1.73. The lowest BCUT2D eigenvalue weighted by molar-refractivity contribution is -0.126. The van der Waals surface area contributed by atoms with Crippen LogP contribution in [0.2, 0.25) is 0 Å². The van der Waals surface area contributed by atoms with Gasteiger partial charge < -0.3 is 10.3 Å². The van der Waals surface area contributed by atoms with E-state index < -0.39 is 23.5 Å². The summed E-state index contributed by atoms with van der Waals surface area (Å²) in [6, 6.07) is 7.01. The van der Waals surface area contributed by atoms with E-state index in [1.165, 1.54) is 12.1 Å². The molecule has 3 rings (SSSR count). The van der Waals surface area contributed by atoms with Gasteiger partial charge in [-0.25, -0.2) is 4.39 Å². The van der Waals surface area contributed by atoms with Gasteiger partial charge in [-0.2, -0.15) is 0 Å². The first kappa shape index (κ1) is 14.8. The number of fused-ring (bicyclic) bond motifs is 1. The Morgan fingerprint density at radius 3 is 2.78 bits per heavy atom. The molecule has 1 aromatic heterocycles. The fourth-order valence-corrected chi connectivity index (χ4v) is 2.42. The van der Waals surface area contributed by atoms with E-state index in [0.717, 1.165) is 6.07 Å². The molecule has 0 saturated heterocycles. The molecule has 0 bridgehead atoms. The number of carbonyl (C=O) groups is 3. The minimum atomic E-state index is -0.803. The summed E-state index contributed by atoms with van der Waals surface area (Å²) in [6.45, 7) is 0. The summed E-state index contributed by atoms with van der Waals surface area (Å²) in [5, 5.41) is 2.52. The van der Waals surface area contributed by atoms with Crippen molar-refractivity contribution in [2.45, 2.75) is 12.3 Å². The third-order valence-corrected chi connectivity index (χ3v) is 3.51. The molecule has 1 aliphatic heterocycles. The molecule has 2 heterocycles. The highest BCUT2D eigenvalue weighted by Gasteiger charge is 2.31. The predicted molar refractivity (Wildman–Crippen MR) is 78.8 cm³/mol. The standard InChI is InChI=1S/C15H13FN4O3/c16-8-3-4-9-10(7-13(21)18-12(9)6-8)14(22)19-20-15(23)11-2-1-5-17-11/h1-6,10,17H,7H2,(H,18,21)(H,19,22)(H,20,23)/t10-/m0/s1. The molecule has 0 fully saturated rings. The van der Waals surface area contributed by atoms with Gasteiger partial charge in [-0.1, -0.05) is 6.07 Å². The number of nitrogens with one attached hydrogen (secondary N) is 4. The van der Waals surface area contributed by atoms with Gasteiger partial charge in [-0.05, 0) is 29.8 Å². The number of benzene rings is 1. The first-order valence-corrected chi connectivity index (χ1v) is 6.87. The molecule has 23 heavy (non-hydrogen) atoms. The zero-order valence-corrected chi connectivity index (χ0v) is 11.9. The summed E-state index contributed by atoms with van der Waals surface area (Å²) in [5.74, 6) is -2.76. The number of halogens is 1. The Hall–Kier alpha value is -3.16. The Morgan fingerprint density at radius 2 is 2.04 bits per heavy atom. The van der Waals surface area contributed by atoms with Crippen molar-refractivity contribution in [1.29, 1.82) is 0 Å². The molecule has 4 N–H and O–H groups in total. The summed E-state index contributed by atoms with van der Waals surface area (Å²) in [4.78, 5) is 38.4. The van der Waals surface area contributed by atoms with E-state index in [1.807, 2.05) is 0 Å².